The highest BCUT2D eigenvalue weighted by atomic mass is 35.5. The average Bonchev–Trinajstić information content (AvgIpc) is 2.83. The Hall–Kier alpha value is -3.00. The first kappa shape index (κ1) is 25.6. The van der Waals surface area contributed by atoms with E-state index < -0.39 is 11.3 Å². The van der Waals surface area contributed by atoms with Gasteiger partial charge < -0.3 is 14.5 Å². The van der Waals surface area contributed by atoms with Gasteiger partial charge in [0, 0.05) is 31.2 Å². The van der Waals surface area contributed by atoms with Crippen molar-refractivity contribution in [1.29, 1.82) is 0 Å². The molecule has 0 saturated carbocycles. The van der Waals surface area contributed by atoms with Gasteiger partial charge in [-0.25, -0.2) is 14.8 Å². The normalized spacial score (nSPS) is 16.8. The Balaban J connectivity index is 2.04. The predicted octanol–water partition coefficient (Wildman–Crippen LogP) is 3.57. The molecule has 1 saturated heterocycles. The van der Waals surface area contributed by atoms with Crippen molar-refractivity contribution in [3.63, 3.8) is 0 Å². The van der Waals surface area contributed by atoms with Gasteiger partial charge in [-0.2, -0.15) is 0 Å². The monoisotopic (exact) mass is 486 g/mol. The van der Waals surface area contributed by atoms with E-state index in [0.717, 1.165) is 12.0 Å². The van der Waals surface area contributed by atoms with Crippen molar-refractivity contribution in [1.82, 2.24) is 19.8 Å². The number of rotatable bonds is 7. The number of halogens is 1. The molecule has 2 unspecified atom stereocenters. The van der Waals surface area contributed by atoms with Gasteiger partial charge in [0.25, 0.3) is 5.91 Å². The van der Waals surface area contributed by atoms with Gasteiger partial charge in [-0.15, -0.1) is 11.6 Å². The van der Waals surface area contributed by atoms with Crippen LogP contribution in [0.5, 0.6) is 0 Å². The molecule has 2 heterocycles. The summed E-state index contributed by atoms with van der Waals surface area (Å²) in [5.74, 6) is -0.755. The first-order chi connectivity index (χ1) is 16.3. The van der Waals surface area contributed by atoms with Crippen molar-refractivity contribution < 1.29 is 19.1 Å². The maximum atomic E-state index is 13.7. The minimum absolute atomic E-state index is 0.0356. The van der Waals surface area contributed by atoms with Crippen LogP contribution in [0.2, 0.25) is 0 Å². The van der Waals surface area contributed by atoms with E-state index in [9.17, 15) is 14.4 Å². The van der Waals surface area contributed by atoms with Gasteiger partial charge >= 0.3 is 5.97 Å². The predicted molar refractivity (Wildman–Crippen MR) is 130 cm³/mol. The number of aromatic nitrogens is 2. The molecule has 1 aromatic carbocycles. The van der Waals surface area contributed by atoms with Gasteiger partial charge in [-0.05, 0) is 27.2 Å². The van der Waals surface area contributed by atoms with Crippen LogP contribution in [0.25, 0.3) is 11.4 Å². The molecule has 34 heavy (non-hydrogen) atoms. The second-order valence-electron chi connectivity index (χ2n) is 8.30. The Morgan fingerprint density at radius 3 is 2.44 bits per heavy atom. The zero-order chi connectivity index (χ0) is 24.8. The molecule has 8 nitrogen and oxygen atoms in total. The van der Waals surface area contributed by atoms with Gasteiger partial charge in [0.15, 0.2) is 5.82 Å². The third-order valence-corrected chi connectivity index (χ3v) is 5.91. The molecular formula is C25H31ClN4O4. The van der Waals surface area contributed by atoms with Crippen LogP contribution in [0.1, 0.15) is 60.7 Å². The molecule has 1 aromatic heterocycles. The fraction of sp³-hybridized carbons (Fsp3) is 0.480. The van der Waals surface area contributed by atoms with Crippen molar-refractivity contribution >= 4 is 29.4 Å². The van der Waals surface area contributed by atoms with Crippen LogP contribution >= 0.6 is 11.6 Å². The van der Waals surface area contributed by atoms with E-state index in [4.69, 9.17) is 16.3 Å². The molecule has 1 aliphatic rings. The summed E-state index contributed by atoms with van der Waals surface area (Å²) in [4.78, 5) is 51.6. The maximum Gasteiger partial charge on any atom is 0.342 e. The lowest BCUT2D eigenvalue weighted by Gasteiger charge is -2.40. The van der Waals surface area contributed by atoms with E-state index in [-0.39, 0.29) is 35.7 Å². The number of nitrogens with zero attached hydrogens (tertiary/aromatic N) is 4. The van der Waals surface area contributed by atoms with E-state index in [0.29, 0.717) is 37.6 Å². The molecule has 2 aromatic rings. The number of hydrogen-bond acceptors (Lipinski definition) is 6. The Bertz CT molecular complexity index is 1040. The maximum absolute atomic E-state index is 13.7. The van der Waals surface area contributed by atoms with Crippen LogP contribution in [-0.2, 0) is 16.0 Å². The molecule has 182 valence electrons. The molecule has 0 N–H and O–H groups in total. The Labute approximate surface area is 205 Å². The second-order valence-corrected chi connectivity index (χ2v) is 8.96. The number of carbonyl (C=O) groups excluding carboxylic acids is 3. The summed E-state index contributed by atoms with van der Waals surface area (Å²) in [5, 5.41) is -0.632. The molecular weight excluding hydrogens is 456 g/mol. The molecule has 9 heteroatoms. The average molecular weight is 487 g/mol. The Kier molecular flexibility index (Phi) is 8.61. The first-order valence-electron chi connectivity index (χ1n) is 11.7. The summed E-state index contributed by atoms with van der Waals surface area (Å²) in [7, 11) is 0. The molecule has 0 spiro atoms. The number of piperazine rings is 1. The molecule has 1 aliphatic heterocycles. The SMILES string of the molecule is CCCc1nc(-c2ccccc2)nc(C(=O)N2CCN(C(=O)C(C)Cl)C(C)C2)c1C(=O)OCC. The number of carbonyl (C=O) groups is 3. The third kappa shape index (κ3) is 5.55. The summed E-state index contributed by atoms with van der Waals surface area (Å²) in [6.07, 6.45) is 1.24. The fourth-order valence-electron chi connectivity index (χ4n) is 4.06. The number of esters is 1. The van der Waals surface area contributed by atoms with E-state index in [1.54, 1.807) is 23.6 Å². The lowest BCUT2D eigenvalue weighted by molar-refractivity contribution is -0.134. The van der Waals surface area contributed by atoms with Crippen LogP contribution in [0.15, 0.2) is 30.3 Å². The van der Waals surface area contributed by atoms with Crippen molar-refractivity contribution in [3.8, 4) is 11.4 Å². The van der Waals surface area contributed by atoms with Gasteiger partial charge in [0.2, 0.25) is 5.91 Å². The highest BCUT2D eigenvalue weighted by Crippen LogP contribution is 2.24. The van der Waals surface area contributed by atoms with Crippen LogP contribution in [0.4, 0.5) is 0 Å². The molecule has 0 aliphatic carbocycles. The topological polar surface area (TPSA) is 92.7 Å². The summed E-state index contributed by atoms with van der Waals surface area (Å²) in [6.45, 7) is 8.37. The van der Waals surface area contributed by atoms with Gasteiger partial charge in [-0.1, -0.05) is 43.7 Å². The van der Waals surface area contributed by atoms with Gasteiger partial charge in [-0.3, -0.25) is 9.59 Å². The molecule has 2 amide bonds. The van der Waals surface area contributed by atoms with Crippen LogP contribution in [0.3, 0.4) is 0 Å². The summed E-state index contributed by atoms with van der Waals surface area (Å²) < 4.78 is 5.28. The summed E-state index contributed by atoms with van der Waals surface area (Å²) in [6, 6.07) is 9.14. The molecule has 0 bridgehead atoms. The zero-order valence-corrected chi connectivity index (χ0v) is 20.8. The summed E-state index contributed by atoms with van der Waals surface area (Å²) >= 11 is 5.99. The molecule has 0 radical (unpaired) electrons. The minimum Gasteiger partial charge on any atom is -0.462 e. The number of hydrogen-bond donors (Lipinski definition) is 0. The second kappa shape index (κ2) is 11.4. The number of aryl methyl sites for hydroxylation is 1. The molecule has 1 fully saturated rings. The Morgan fingerprint density at radius 1 is 1.15 bits per heavy atom. The van der Waals surface area contributed by atoms with Crippen LogP contribution in [0, 0.1) is 0 Å². The molecule has 2 atom stereocenters. The van der Waals surface area contributed by atoms with Crippen molar-refractivity contribution in [2.45, 2.75) is 52.0 Å². The lowest BCUT2D eigenvalue weighted by atomic mass is 10.0. The van der Waals surface area contributed by atoms with Crippen LogP contribution < -0.4 is 0 Å². The van der Waals surface area contributed by atoms with E-state index in [1.807, 2.05) is 44.2 Å². The number of alkyl halides is 1. The first-order valence-corrected chi connectivity index (χ1v) is 12.1. The standard InChI is InChI=1S/C25H31ClN4O4/c1-5-10-19-20(25(33)34-6-2)21(28-22(27-19)18-11-8-7-9-12-18)24(32)29-13-14-30(16(3)15-29)23(31)17(4)26/h7-9,11-12,16-17H,5-6,10,13-15H2,1-4H3. The van der Waals surface area contributed by atoms with E-state index >= 15 is 0 Å². The fourth-order valence-corrected chi connectivity index (χ4v) is 4.19. The third-order valence-electron chi connectivity index (χ3n) is 5.72. The number of ether oxygens (including phenoxy) is 1. The minimum atomic E-state index is -0.632. The number of benzene rings is 1. The Morgan fingerprint density at radius 2 is 1.85 bits per heavy atom. The molecule has 3 rings (SSSR count). The smallest absolute Gasteiger partial charge is 0.342 e. The largest absolute Gasteiger partial charge is 0.462 e. The summed E-state index contributed by atoms with van der Waals surface area (Å²) in [5.41, 5.74) is 1.41. The van der Waals surface area contributed by atoms with Crippen LogP contribution in [-0.4, -0.2) is 75.2 Å². The van der Waals surface area contributed by atoms with Crippen molar-refractivity contribution in [2.24, 2.45) is 0 Å². The van der Waals surface area contributed by atoms with E-state index in [2.05, 4.69) is 9.97 Å². The lowest BCUT2D eigenvalue weighted by Crippen LogP contribution is -2.56. The van der Waals surface area contributed by atoms with Crippen molar-refractivity contribution in [2.75, 3.05) is 26.2 Å². The highest BCUT2D eigenvalue weighted by Gasteiger charge is 2.35. The van der Waals surface area contributed by atoms with Gasteiger partial charge in [0.1, 0.15) is 16.6 Å². The van der Waals surface area contributed by atoms with Gasteiger partial charge in [0.05, 0.1) is 12.3 Å². The van der Waals surface area contributed by atoms with Crippen molar-refractivity contribution in [3.05, 3.63) is 47.3 Å². The number of amides is 2. The van der Waals surface area contributed by atoms with E-state index in [1.165, 1.54) is 0 Å². The quantitative estimate of drug-likeness (QED) is 0.438. The zero-order valence-electron chi connectivity index (χ0n) is 20.1. The highest BCUT2D eigenvalue weighted by molar-refractivity contribution is 6.30.